The Hall–Kier alpha value is -6.38. The van der Waals surface area contributed by atoms with Crippen molar-refractivity contribution in [1.29, 1.82) is 0 Å². The number of hydrogen-bond donors (Lipinski definition) is 0. The van der Waals surface area contributed by atoms with Gasteiger partial charge in [-0.2, -0.15) is 0 Å². The molecule has 56 heavy (non-hydrogen) atoms. The summed E-state index contributed by atoms with van der Waals surface area (Å²) in [6, 6.07) is 66.2. The van der Waals surface area contributed by atoms with E-state index in [0.717, 1.165) is 39.6 Å². The molecule has 0 spiro atoms. The van der Waals surface area contributed by atoms with E-state index in [-0.39, 0.29) is 10.8 Å². The van der Waals surface area contributed by atoms with Crippen LogP contribution in [0, 0.1) is 0 Å². The van der Waals surface area contributed by atoms with Gasteiger partial charge in [-0.25, -0.2) is 0 Å². The van der Waals surface area contributed by atoms with Gasteiger partial charge in [-0.05, 0) is 116 Å². The van der Waals surface area contributed by atoms with Gasteiger partial charge in [0, 0.05) is 33.8 Å². The standard InChI is InChI=1S/C54H50N2/c1-53(2,3)42-26-34-46(35-27-42)55(47-36-28-43(29-37-47)54(4,5)6)45-30-22-39(23-31-45)20-21-40-24-32-48(33-25-40)56(44-15-8-7-9-16-44)52-38-41-14-10-11-17-49(41)50-18-12-13-19-51(50)52/h7-38H,1-6H3. The molecule has 0 N–H and O–H groups in total. The van der Waals surface area contributed by atoms with Gasteiger partial charge in [0.15, 0.2) is 0 Å². The fraction of sp³-hybridized carbons (Fsp3) is 0.148. The second kappa shape index (κ2) is 15.0. The average molecular weight is 727 g/mol. The van der Waals surface area contributed by atoms with Gasteiger partial charge in [0.1, 0.15) is 0 Å². The van der Waals surface area contributed by atoms with E-state index >= 15 is 0 Å². The van der Waals surface area contributed by atoms with Crippen LogP contribution < -0.4 is 9.80 Å². The number of rotatable bonds is 8. The topological polar surface area (TPSA) is 6.48 Å². The first-order valence-electron chi connectivity index (χ1n) is 19.7. The zero-order chi connectivity index (χ0) is 38.9. The number of para-hydroxylation sites is 1. The summed E-state index contributed by atoms with van der Waals surface area (Å²) in [5.74, 6) is 0. The van der Waals surface area contributed by atoms with Crippen LogP contribution in [0.2, 0.25) is 0 Å². The molecule has 0 bridgehead atoms. The molecule has 8 aromatic carbocycles. The number of benzene rings is 8. The molecule has 0 saturated carbocycles. The Kier molecular flexibility index (Phi) is 9.83. The van der Waals surface area contributed by atoms with Crippen molar-refractivity contribution in [2.75, 3.05) is 9.80 Å². The van der Waals surface area contributed by atoms with E-state index in [0.29, 0.717) is 0 Å². The summed E-state index contributed by atoms with van der Waals surface area (Å²) >= 11 is 0. The van der Waals surface area contributed by atoms with Gasteiger partial charge in [0.2, 0.25) is 0 Å². The van der Waals surface area contributed by atoms with E-state index in [1.54, 1.807) is 0 Å². The van der Waals surface area contributed by atoms with Gasteiger partial charge < -0.3 is 9.80 Å². The number of nitrogens with zero attached hydrogens (tertiary/aromatic N) is 2. The van der Waals surface area contributed by atoms with Crippen LogP contribution >= 0.6 is 0 Å². The smallest absolute Gasteiger partial charge is 0.0546 e. The van der Waals surface area contributed by atoms with E-state index < -0.39 is 0 Å². The van der Waals surface area contributed by atoms with Crippen molar-refractivity contribution in [2.45, 2.75) is 52.4 Å². The molecule has 0 unspecified atom stereocenters. The van der Waals surface area contributed by atoms with E-state index in [4.69, 9.17) is 0 Å². The summed E-state index contributed by atoms with van der Waals surface area (Å²) in [5.41, 5.74) is 12.0. The quantitative estimate of drug-likeness (QED) is 0.114. The van der Waals surface area contributed by atoms with Gasteiger partial charge in [-0.1, -0.05) is 169 Å². The average Bonchev–Trinajstić information content (AvgIpc) is 3.21. The number of hydrogen-bond acceptors (Lipinski definition) is 2. The molecule has 0 aliphatic carbocycles. The monoisotopic (exact) mass is 726 g/mol. The van der Waals surface area contributed by atoms with E-state index in [1.807, 2.05) is 0 Å². The fourth-order valence-corrected chi connectivity index (χ4v) is 7.55. The Morgan fingerprint density at radius 2 is 0.714 bits per heavy atom. The highest BCUT2D eigenvalue weighted by Gasteiger charge is 2.19. The molecule has 2 nitrogen and oxygen atoms in total. The summed E-state index contributed by atoms with van der Waals surface area (Å²) in [6.45, 7) is 13.6. The summed E-state index contributed by atoms with van der Waals surface area (Å²) < 4.78 is 0. The van der Waals surface area contributed by atoms with E-state index in [9.17, 15) is 0 Å². The summed E-state index contributed by atoms with van der Waals surface area (Å²) in [4.78, 5) is 4.72. The van der Waals surface area contributed by atoms with Crippen LogP contribution in [0.5, 0.6) is 0 Å². The highest BCUT2D eigenvalue weighted by molar-refractivity contribution is 6.14. The normalized spacial score (nSPS) is 12.0. The first-order chi connectivity index (χ1) is 27.0. The van der Waals surface area contributed by atoms with E-state index in [2.05, 4.69) is 245 Å². The number of fused-ring (bicyclic) bond motifs is 3. The molecule has 2 heteroatoms. The Bertz CT molecular complexity index is 2550. The van der Waals surface area contributed by atoms with Gasteiger partial charge >= 0.3 is 0 Å². The molecule has 0 aliphatic heterocycles. The third-order valence-corrected chi connectivity index (χ3v) is 10.8. The maximum Gasteiger partial charge on any atom is 0.0546 e. The van der Waals surface area contributed by atoms with Crippen LogP contribution in [0.15, 0.2) is 182 Å². The fourth-order valence-electron chi connectivity index (χ4n) is 7.55. The van der Waals surface area contributed by atoms with Gasteiger partial charge in [0.05, 0.1) is 5.69 Å². The third-order valence-electron chi connectivity index (χ3n) is 10.8. The predicted octanol–water partition coefficient (Wildman–Crippen LogP) is 15.7. The second-order valence-corrected chi connectivity index (χ2v) is 16.8. The molecule has 8 aromatic rings. The van der Waals surface area contributed by atoms with E-state index in [1.165, 1.54) is 38.4 Å². The van der Waals surface area contributed by atoms with Crippen LogP contribution in [0.4, 0.5) is 34.1 Å². The lowest BCUT2D eigenvalue weighted by molar-refractivity contribution is 0.590. The van der Waals surface area contributed by atoms with Crippen molar-refractivity contribution in [3.05, 3.63) is 204 Å². The molecule has 0 atom stereocenters. The SMILES string of the molecule is CC(C)(C)c1ccc(N(c2ccc(C=Cc3ccc(N(c4ccccc4)c4cc5ccccc5c5ccccc45)cc3)cc2)c2ccc(C(C)(C)C)cc2)cc1. The lowest BCUT2D eigenvalue weighted by atomic mass is 9.86. The van der Waals surface area contributed by atoms with Crippen LogP contribution in [-0.4, -0.2) is 0 Å². The summed E-state index contributed by atoms with van der Waals surface area (Å²) in [5, 5.41) is 4.98. The maximum absolute atomic E-state index is 2.38. The molecular formula is C54H50N2. The van der Waals surface area contributed by atoms with Crippen LogP contribution in [0.3, 0.4) is 0 Å². The van der Waals surface area contributed by atoms with Gasteiger partial charge in [0.25, 0.3) is 0 Å². The lowest BCUT2D eigenvalue weighted by Gasteiger charge is -2.28. The molecule has 0 heterocycles. The highest BCUT2D eigenvalue weighted by Crippen LogP contribution is 2.42. The molecule has 8 rings (SSSR count). The van der Waals surface area contributed by atoms with Crippen molar-refractivity contribution < 1.29 is 0 Å². The molecule has 0 radical (unpaired) electrons. The summed E-state index contributed by atoms with van der Waals surface area (Å²) in [6.07, 6.45) is 4.40. The summed E-state index contributed by atoms with van der Waals surface area (Å²) in [7, 11) is 0. The third kappa shape index (κ3) is 7.61. The Balaban J connectivity index is 1.09. The Morgan fingerprint density at radius 3 is 1.20 bits per heavy atom. The molecule has 0 saturated heterocycles. The van der Waals surface area contributed by atoms with Crippen molar-refractivity contribution in [2.24, 2.45) is 0 Å². The van der Waals surface area contributed by atoms with Crippen LogP contribution in [0.1, 0.15) is 63.8 Å². The van der Waals surface area contributed by atoms with Crippen molar-refractivity contribution >= 4 is 67.8 Å². The molecule has 0 aliphatic rings. The van der Waals surface area contributed by atoms with Crippen molar-refractivity contribution in [3.8, 4) is 0 Å². The molecule has 276 valence electrons. The Labute approximate surface area is 333 Å². The first-order valence-corrected chi connectivity index (χ1v) is 19.7. The van der Waals surface area contributed by atoms with Crippen molar-refractivity contribution in [3.63, 3.8) is 0 Å². The predicted molar refractivity (Wildman–Crippen MR) is 244 cm³/mol. The minimum Gasteiger partial charge on any atom is -0.311 e. The van der Waals surface area contributed by atoms with Crippen LogP contribution in [-0.2, 0) is 10.8 Å². The zero-order valence-corrected chi connectivity index (χ0v) is 33.4. The molecular weight excluding hydrogens is 677 g/mol. The first kappa shape index (κ1) is 36.6. The molecule has 0 fully saturated rings. The van der Waals surface area contributed by atoms with Gasteiger partial charge in [-0.15, -0.1) is 0 Å². The largest absolute Gasteiger partial charge is 0.311 e. The van der Waals surface area contributed by atoms with Crippen LogP contribution in [0.25, 0.3) is 33.7 Å². The minimum absolute atomic E-state index is 0.0966. The lowest BCUT2D eigenvalue weighted by Crippen LogP contribution is -2.14. The maximum atomic E-state index is 2.38. The molecule has 0 aromatic heterocycles. The van der Waals surface area contributed by atoms with Gasteiger partial charge in [-0.3, -0.25) is 0 Å². The number of anilines is 6. The minimum atomic E-state index is 0.0966. The molecule has 0 amide bonds. The second-order valence-electron chi connectivity index (χ2n) is 16.8. The van der Waals surface area contributed by atoms with Crippen molar-refractivity contribution in [1.82, 2.24) is 0 Å². The Morgan fingerprint density at radius 1 is 0.339 bits per heavy atom. The highest BCUT2D eigenvalue weighted by atomic mass is 15.1. The zero-order valence-electron chi connectivity index (χ0n) is 33.4.